The van der Waals surface area contributed by atoms with Gasteiger partial charge in [0, 0.05) is 42.8 Å². The summed E-state index contributed by atoms with van der Waals surface area (Å²) in [6.45, 7) is 3.33. The van der Waals surface area contributed by atoms with E-state index < -0.39 is 0 Å². The maximum atomic E-state index is 12.6. The number of anilines is 1. The average Bonchev–Trinajstić information content (AvgIpc) is 3.34. The van der Waals surface area contributed by atoms with Crippen molar-refractivity contribution in [3.05, 3.63) is 48.5 Å². The van der Waals surface area contributed by atoms with Gasteiger partial charge in [-0.3, -0.25) is 4.79 Å². The van der Waals surface area contributed by atoms with Gasteiger partial charge in [0.2, 0.25) is 0 Å². The van der Waals surface area contributed by atoms with Crippen LogP contribution in [0.4, 0.5) is 5.69 Å². The fourth-order valence-electron chi connectivity index (χ4n) is 3.83. The second kappa shape index (κ2) is 7.27. The third-order valence-electron chi connectivity index (χ3n) is 5.21. The van der Waals surface area contributed by atoms with Crippen molar-refractivity contribution in [3.8, 4) is 0 Å². The van der Waals surface area contributed by atoms with Crippen LogP contribution < -0.4 is 10.2 Å². The topological polar surface area (TPSA) is 59.4 Å². The molecule has 2 atom stereocenters. The second-order valence-electron chi connectivity index (χ2n) is 6.73. The predicted molar refractivity (Wildman–Crippen MR) is 95.8 cm³/mol. The summed E-state index contributed by atoms with van der Waals surface area (Å²) < 4.78 is 7.50. The number of amides is 1. The Kier molecular flexibility index (Phi) is 4.70. The number of hydrogen-bond acceptors (Lipinski definition) is 4. The summed E-state index contributed by atoms with van der Waals surface area (Å²) in [5.41, 5.74) is 1.87. The number of carbonyl (C=O) groups is 1. The number of morpholine rings is 1. The molecule has 1 aromatic heterocycles. The Balaban J connectivity index is 1.40. The number of imidazole rings is 1. The maximum Gasteiger partial charge on any atom is 0.251 e. The molecular formula is C19H24N4O2. The Labute approximate surface area is 147 Å². The van der Waals surface area contributed by atoms with Gasteiger partial charge in [-0.1, -0.05) is 0 Å². The highest BCUT2D eigenvalue weighted by atomic mass is 16.5. The molecule has 6 heteroatoms. The van der Waals surface area contributed by atoms with Crippen LogP contribution in [0.25, 0.3) is 0 Å². The van der Waals surface area contributed by atoms with Gasteiger partial charge in [0.1, 0.15) is 0 Å². The van der Waals surface area contributed by atoms with Gasteiger partial charge in [-0.2, -0.15) is 0 Å². The molecule has 6 nitrogen and oxygen atoms in total. The number of carbonyl (C=O) groups excluding carboxylic acids is 1. The van der Waals surface area contributed by atoms with Crippen molar-refractivity contribution < 1.29 is 9.53 Å². The van der Waals surface area contributed by atoms with Crippen molar-refractivity contribution in [2.45, 2.75) is 31.3 Å². The number of ether oxygens (including phenoxy) is 1. The summed E-state index contributed by atoms with van der Waals surface area (Å²) in [7, 11) is 0. The summed E-state index contributed by atoms with van der Waals surface area (Å²) >= 11 is 0. The van der Waals surface area contributed by atoms with Crippen LogP contribution >= 0.6 is 0 Å². The van der Waals surface area contributed by atoms with Crippen molar-refractivity contribution in [2.24, 2.45) is 0 Å². The van der Waals surface area contributed by atoms with Gasteiger partial charge in [-0.15, -0.1) is 0 Å². The minimum Gasteiger partial charge on any atom is -0.378 e. The molecular weight excluding hydrogens is 316 g/mol. The minimum absolute atomic E-state index is 0.00513. The summed E-state index contributed by atoms with van der Waals surface area (Å²) in [5, 5.41) is 3.21. The van der Waals surface area contributed by atoms with Crippen LogP contribution in [0, 0.1) is 0 Å². The zero-order valence-electron chi connectivity index (χ0n) is 14.3. The van der Waals surface area contributed by atoms with Crippen LogP contribution in [0.15, 0.2) is 43.0 Å². The van der Waals surface area contributed by atoms with Crippen molar-refractivity contribution in [1.82, 2.24) is 14.9 Å². The lowest BCUT2D eigenvalue weighted by Gasteiger charge is -2.29. The van der Waals surface area contributed by atoms with Crippen molar-refractivity contribution in [2.75, 3.05) is 31.2 Å². The van der Waals surface area contributed by atoms with Crippen LogP contribution in [0.1, 0.15) is 35.7 Å². The molecule has 0 unspecified atom stereocenters. The van der Waals surface area contributed by atoms with Gasteiger partial charge in [0.15, 0.2) is 0 Å². The van der Waals surface area contributed by atoms with Gasteiger partial charge in [-0.25, -0.2) is 4.98 Å². The minimum atomic E-state index is 0.00513. The Morgan fingerprint density at radius 2 is 1.96 bits per heavy atom. The molecule has 1 aliphatic carbocycles. The van der Waals surface area contributed by atoms with Crippen LogP contribution in [0.3, 0.4) is 0 Å². The van der Waals surface area contributed by atoms with E-state index in [0.717, 1.165) is 51.3 Å². The van der Waals surface area contributed by atoms with E-state index in [-0.39, 0.29) is 11.9 Å². The molecule has 1 N–H and O–H groups in total. The third-order valence-corrected chi connectivity index (χ3v) is 5.21. The molecule has 4 rings (SSSR count). The van der Waals surface area contributed by atoms with Crippen LogP contribution in [-0.2, 0) is 4.74 Å². The van der Waals surface area contributed by atoms with Crippen LogP contribution in [0.2, 0.25) is 0 Å². The van der Waals surface area contributed by atoms with E-state index in [1.807, 2.05) is 36.8 Å². The van der Waals surface area contributed by atoms with E-state index in [9.17, 15) is 4.79 Å². The van der Waals surface area contributed by atoms with Gasteiger partial charge in [0.25, 0.3) is 5.91 Å². The van der Waals surface area contributed by atoms with Crippen molar-refractivity contribution >= 4 is 11.6 Å². The van der Waals surface area contributed by atoms with Gasteiger partial charge in [-0.05, 0) is 43.5 Å². The molecule has 1 amide bonds. The summed E-state index contributed by atoms with van der Waals surface area (Å²) in [5.74, 6) is 0.00513. The fourth-order valence-corrected chi connectivity index (χ4v) is 3.83. The highest BCUT2D eigenvalue weighted by Crippen LogP contribution is 2.30. The SMILES string of the molecule is O=C(N[C@H]1CCC[C@@H]1n1ccnc1)c1ccc(N2CCOCC2)cc1. The quantitative estimate of drug-likeness (QED) is 0.927. The molecule has 0 spiro atoms. The van der Waals surface area contributed by atoms with E-state index in [2.05, 4.69) is 19.8 Å². The van der Waals surface area contributed by atoms with E-state index in [0.29, 0.717) is 11.6 Å². The first-order chi connectivity index (χ1) is 12.3. The zero-order valence-corrected chi connectivity index (χ0v) is 14.3. The first-order valence-corrected chi connectivity index (χ1v) is 9.02. The molecule has 0 radical (unpaired) electrons. The number of nitrogens with zero attached hydrogens (tertiary/aromatic N) is 3. The van der Waals surface area contributed by atoms with E-state index in [1.54, 1.807) is 6.20 Å². The molecule has 25 heavy (non-hydrogen) atoms. The number of benzene rings is 1. The van der Waals surface area contributed by atoms with Gasteiger partial charge in [0.05, 0.1) is 25.6 Å². The average molecular weight is 340 g/mol. The summed E-state index contributed by atoms with van der Waals surface area (Å²) in [6, 6.07) is 8.37. The summed E-state index contributed by atoms with van der Waals surface area (Å²) in [6.07, 6.45) is 8.83. The van der Waals surface area contributed by atoms with Crippen LogP contribution in [0.5, 0.6) is 0 Å². The number of aromatic nitrogens is 2. The lowest BCUT2D eigenvalue weighted by molar-refractivity contribution is 0.0929. The Hall–Kier alpha value is -2.34. The smallest absolute Gasteiger partial charge is 0.251 e. The first-order valence-electron chi connectivity index (χ1n) is 9.02. The largest absolute Gasteiger partial charge is 0.378 e. The Bertz CT molecular complexity index is 693. The predicted octanol–water partition coefficient (Wildman–Crippen LogP) is 2.24. The molecule has 1 aromatic carbocycles. The van der Waals surface area contributed by atoms with Crippen molar-refractivity contribution in [3.63, 3.8) is 0 Å². The second-order valence-corrected chi connectivity index (χ2v) is 6.73. The first kappa shape index (κ1) is 16.1. The Morgan fingerprint density at radius 1 is 1.16 bits per heavy atom. The molecule has 132 valence electrons. The van der Waals surface area contributed by atoms with E-state index in [4.69, 9.17) is 4.74 Å². The van der Waals surface area contributed by atoms with Crippen LogP contribution in [-0.4, -0.2) is 47.8 Å². The molecule has 1 saturated carbocycles. The number of hydrogen-bond donors (Lipinski definition) is 1. The zero-order chi connectivity index (χ0) is 17.1. The molecule has 1 saturated heterocycles. The lowest BCUT2D eigenvalue weighted by atomic mass is 10.1. The number of rotatable bonds is 4. The highest BCUT2D eigenvalue weighted by Gasteiger charge is 2.29. The molecule has 1 aliphatic heterocycles. The van der Waals surface area contributed by atoms with Crippen molar-refractivity contribution in [1.29, 1.82) is 0 Å². The highest BCUT2D eigenvalue weighted by molar-refractivity contribution is 5.94. The third kappa shape index (κ3) is 3.54. The molecule has 2 aromatic rings. The van der Waals surface area contributed by atoms with Gasteiger partial charge < -0.3 is 19.5 Å². The standard InChI is InChI=1S/C19H24N4O2/c24-19(21-17-2-1-3-18(17)23-9-8-20-14-23)15-4-6-16(7-5-15)22-10-12-25-13-11-22/h4-9,14,17-18H,1-3,10-13H2,(H,21,24)/t17-,18-/m0/s1. The van der Waals surface area contributed by atoms with E-state index >= 15 is 0 Å². The summed E-state index contributed by atoms with van der Waals surface area (Å²) in [4.78, 5) is 19.1. The molecule has 2 fully saturated rings. The molecule has 0 bridgehead atoms. The Morgan fingerprint density at radius 3 is 2.68 bits per heavy atom. The molecule has 2 aliphatic rings. The number of nitrogens with one attached hydrogen (secondary N) is 1. The van der Waals surface area contributed by atoms with Gasteiger partial charge >= 0.3 is 0 Å². The van der Waals surface area contributed by atoms with E-state index in [1.165, 1.54) is 0 Å². The maximum absolute atomic E-state index is 12.6. The molecule has 2 heterocycles. The lowest BCUT2D eigenvalue weighted by Crippen LogP contribution is -2.38. The monoisotopic (exact) mass is 340 g/mol. The fraction of sp³-hybridized carbons (Fsp3) is 0.474. The normalized spacial score (nSPS) is 23.6.